The summed E-state index contributed by atoms with van der Waals surface area (Å²) in [6, 6.07) is 19.5. The number of amides is 2. The second-order valence-electron chi connectivity index (χ2n) is 6.23. The molecule has 0 bridgehead atoms. The Kier molecular flexibility index (Phi) is 5.67. The van der Waals surface area contributed by atoms with Gasteiger partial charge in [0.25, 0.3) is 0 Å². The number of nitrogens with zero attached hydrogens (tertiary/aromatic N) is 1. The molecule has 0 aliphatic carbocycles. The van der Waals surface area contributed by atoms with Crippen molar-refractivity contribution in [1.82, 2.24) is 10.6 Å². The van der Waals surface area contributed by atoms with Crippen molar-refractivity contribution in [2.75, 3.05) is 18.0 Å². The van der Waals surface area contributed by atoms with Crippen LogP contribution in [0.15, 0.2) is 60.7 Å². The number of nitrogens with one attached hydrogen (secondary N) is 2. The Morgan fingerprint density at radius 2 is 1.76 bits per heavy atom. The van der Waals surface area contributed by atoms with Crippen molar-refractivity contribution in [2.24, 2.45) is 0 Å². The number of rotatable bonds is 6. The molecule has 1 saturated heterocycles. The first-order valence-corrected chi connectivity index (χ1v) is 8.63. The van der Waals surface area contributed by atoms with Gasteiger partial charge in [-0.15, -0.1) is 0 Å². The lowest BCUT2D eigenvalue weighted by Crippen LogP contribution is -2.52. The van der Waals surface area contributed by atoms with Crippen LogP contribution in [0.2, 0.25) is 0 Å². The van der Waals surface area contributed by atoms with Crippen molar-refractivity contribution >= 4 is 17.5 Å². The van der Waals surface area contributed by atoms with Gasteiger partial charge in [0, 0.05) is 18.8 Å². The average molecular weight is 337 g/mol. The Morgan fingerprint density at radius 1 is 1.08 bits per heavy atom. The summed E-state index contributed by atoms with van der Waals surface area (Å²) in [5.41, 5.74) is 2.11. The summed E-state index contributed by atoms with van der Waals surface area (Å²) in [5, 5.41) is 5.66. The second kappa shape index (κ2) is 8.33. The molecule has 2 amide bonds. The molecule has 0 saturated carbocycles. The molecule has 0 unspecified atom stereocenters. The molecule has 1 aliphatic heterocycles. The van der Waals surface area contributed by atoms with Crippen LogP contribution in [0.25, 0.3) is 0 Å². The van der Waals surface area contributed by atoms with Gasteiger partial charge in [-0.05, 0) is 30.5 Å². The molecule has 0 aromatic heterocycles. The molecule has 1 aliphatic rings. The Balaban J connectivity index is 1.68. The third-order valence-electron chi connectivity index (χ3n) is 4.29. The van der Waals surface area contributed by atoms with Crippen LogP contribution in [0.4, 0.5) is 5.69 Å². The van der Waals surface area contributed by atoms with Crippen LogP contribution in [0, 0.1) is 0 Å². The molecule has 1 fully saturated rings. The molecular formula is C20H23N3O2. The summed E-state index contributed by atoms with van der Waals surface area (Å²) in [6.07, 6.45) is 1.59. The van der Waals surface area contributed by atoms with Crippen LogP contribution in [0.5, 0.6) is 0 Å². The Bertz CT molecular complexity index is 703. The second-order valence-corrected chi connectivity index (χ2v) is 6.23. The topological polar surface area (TPSA) is 61.4 Å². The predicted molar refractivity (Wildman–Crippen MR) is 98.1 cm³/mol. The largest absolute Gasteiger partial charge is 0.358 e. The first-order chi connectivity index (χ1) is 12.2. The minimum Gasteiger partial charge on any atom is -0.358 e. The number of benzene rings is 2. The van der Waals surface area contributed by atoms with E-state index in [0.717, 1.165) is 17.7 Å². The minimum absolute atomic E-state index is 0.0890. The standard InChI is InChI=1S/C20H23N3O2/c24-19(22-18-12-7-13-21-20(18)25)15-23(17-10-5-2-6-11-17)14-16-8-3-1-4-9-16/h1-6,8-11,18H,7,12-15H2,(H,21,25)(H,22,24)/t18-/m0/s1. The van der Waals surface area contributed by atoms with E-state index >= 15 is 0 Å². The third kappa shape index (κ3) is 4.83. The van der Waals surface area contributed by atoms with Gasteiger partial charge in [0.1, 0.15) is 6.04 Å². The number of hydrogen-bond acceptors (Lipinski definition) is 3. The first-order valence-electron chi connectivity index (χ1n) is 8.63. The molecule has 2 aromatic rings. The van der Waals surface area contributed by atoms with Gasteiger partial charge in [0.2, 0.25) is 11.8 Å². The minimum atomic E-state index is -0.421. The number of carbonyl (C=O) groups excluding carboxylic acids is 2. The zero-order valence-corrected chi connectivity index (χ0v) is 14.2. The third-order valence-corrected chi connectivity index (χ3v) is 4.29. The summed E-state index contributed by atoms with van der Waals surface area (Å²) in [5.74, 6) is -0.226. The van der Waals surface area contributed by atoms with Gasteiger partial charge in [-0.25, -0.2) is 0 Å². The molecule has 25 heavy (non-hydrogen) atoms. The quantitative estimate of drug-likeness (QED) is 0.848. The van der Waals surface area contributed by atoms with Crippen LogP contribution in [-0.4, -0.2) is 30.9 Å². The SMILES string of the molecule is O=C(CN(Cc1ccccc1)c1ccccc1)N[C@H]1CCCNC1=O. The van der Waals surface area contributed by atoms with Crippen LogP contribution >= 0.6 is 0 Å². The first kappa shape index (κ1) is 17.0. The smallest absolute Gasteiger partial charge is 0.242 e. The number of para-hydroxylation sites is 1. The highest BCUT2D eigenvalue weighted by Crippen LogP contribution is 2.16. The van der Waals surface area contributed by atoms with E-state index in [1.165, 1.54) is 0 Å². The van der Waals surface area contributed by atoms with Crippen LogP contribution in [0.1, 0.15) is 18.4 Å². The van der Waals surface area contributed by atoms with Gasteiger partial charge in [-0.3, -0.25) is 9.59 Å². The monoisotopic (exact) mass is 337 g/mol. The van der Waals surface area contributed by atoms with Crippen molar-refractivity contribution < 1.29 is 9.59 Å². The van der Waals surface area contributed by atoms with E-state index in [0.29, 0.717) is 19.5 Å². The van der Waals surface area contributed by atoms with Gasteiger partial charge in [0.05, 0.1) is 6.54 Å². The maximum absolute atomic E-state index is 12.5. The van der Waals surface area contributed by atoms with Crippen molar-refractivity contribution in [1.29, 1.82) is 0 Å². The molecule has 0 radical (unpaired) electrons. The number of carbonyl (C=O) groups is 2. The molecule has 130 valence electrons. The van der Waals surface area contributed by atoms with E-state index < -0.39 is 6.04 Å². The highest BCUT2D eigenvalue weighted by Gasteiger charge is 2.24. The van der Waals surface area contributed by atoms with Crippen molar-refractivity contribution in [3.8, 4) is 0 Å². The van der Waals surface area contributed by atoms with E-state index in [1.807, 2.05) is 65.6 Å². The molecule has 3 rings (SSSR count). The van der Waals surface area contributed by atoms with Crippen LogP contribution in [-0.2, 0) is 16.1 Å². The molecular weight excluding hydrogens is 314 g/mol. The lowest BCUT2D eigenvalue weighted by molar-refractivity contribution is -0.129. The maximum atomic E-state index is 12.5. The summed E-state index contributed by atoms with van der Waals surface area (Å²) >= 11 is 0. The average Bonchev–Trinajstić information content (AvgIpc) is 2.65. The van der Waals surface area contributed by atoms with E-state index in [-0.39, 0.29) is 18.4 Å². The molecule has 1 heterocycles. The highest BCUT2D eigenvalue weighted by molar-refractivity contribution is 5.89. The van der Waals surface area contributed by atoms with Gasteiger partial charge in [-0.2, -0.15) is 0 Å². The normalized spacial score (nSPS) is 16.8. The van der Waals surface area contributed by atoms with Crippen molar-refractivity contribution in [3.63, 3.8) is 0 Å². The van der Waals surface area contributed by atoms with Gasteiger partial charge < -0.3 is 15.5 Å². The van der Waals surface area contributed by atoms with E-state index in [1.54, 1.807) is 0 Å². The van der Waals surface area contributed by atoms with E-state index in [2.05, 4.69) is 10.6 Å². The molecule has 2 N–H and O–H groups in total. The van der Waals surface area contributed by atoms with Gasteiger partial charge in [-0.1, -0.05) is 48.5 Å². The fourth-order valence-electron chi connectivity index (χ4n) is 3.00. The maximum Gasteiger partial charge on any atom is 0.242 e. The fraction of sp³-hybridized carbons (Fsp3) is 0.300. The van der Waals surface area contributed by atoms with Gasteiger partial charge in [0.15, 0.2) is 0 Å². The Labute approximate surface area is 148 Å². The molecule has 2 aromatic carbocycles. The Morgan fingerprint density at radius 3 is 2.44 bits per heavy atom. The molecule has 0 spiro atoms. The molecule has 1 atom stereocenters. The van der Waals surface area contributed by atoms with Gasteiger partial charge >= 0.3 is 0 Å². The summed E-state index contributed by atoms with van der Waals surface area (Å²) < 4.78 is 0. The summed E-state index contributed by atoms with van der Waals surface area (Å²) in [6.45, 7) is 1.53. The highest BCUT2D eigenvalue weighted by atomic mass is 16.2. The number of anilines is 1. The summed E-state index contributed by atoms with van der Waals surface area (Å²) in [4.78, 5) is 26.4. The molecule has 5 heteroatoms. The zero-order valence-electron chi connectivity index (χ0n) is 14.2. The van der Waals surface area contributed by atoms with Crippen molar-refractivity contribution in [3.05, 3.63) is 66.2 Å². The van der Waals surface area contributed by atoms with E-state index in [4.69, 9.17) is 0 Å². The fourth-order valence-corrected chi connectivity index (χ4v) is 3.00. The lowest BCUT2D eigenvalue weighted by atomic mass is 10.1. The van der Waals surface area contributed by atoms with Crippen LogP contribution < -0.4 is 15.5 Å². The Hall–Kier alpha value is -2.82. The number of hydrogen-bond donors (Lipinski definition) is 2. The van der Waals surface area contributed by atoms with Crippen LogP contribution in [0.3, 0.4) is 0 Å². The number of piperidine rings is 1. The van der Waals surface area contributed by atoms with E-state index in [9.17, 15) is 9.59 Å². The summed E-state index contributed by atoms with van der Waals surface area (Å²) in [7, 11) is 0. The molecule has 5 nitrogen and oxygen atoms in total. The zero-order chi connectivity index (χ0) is 17.5. The lowest BCUT2D eigenvalue weighted by Gasteiger charge is -2.27. The predicted octanol–water partition coefficient (Wildman–Crippen LogP) is 2.09. The van der Waals surface area contributed by atoms with Crippen molar-refractivity contribution in [2.45, 2.75) is 25.4 Å².